The fourth-order valence-electron chi connectivity index (χ4n) is 1.92. The molecule has 4 heteroatoms. The normalized spacial score (nSPS) is 21.5. The zero-order valence-electron chi connectivity index (χ0n) is 7.76. The van der Waals surface area contributed by atoms with Gasteiger partial charge in [-0.1, -0.05) is 0 Å². The van der Waals surface area contributed by atoms with Gasteiger partial charge in [0, 0.05) is 13.0 Å². The number of nitrogens with zero attached hydrogens (tertiary/aromatic N) is 2. The molecule has 1 aromatic heterocycles. The Balaban J connectivity index is 2.13. The topological polar surface area (TPSA) is 29.9 Å². The highest BCUT2D eigenvalue weighted by Crippen LogP contribution is 2.23. The lowest BCUT2D eigenvalue weighted by Gasteiger charge is -2.23. The van der Waals surface area contributed by atoms with E-state index >= 15 is 0 Å². The fourth-order valence-corrected chi connectivity index (χ4v) is 2.37. The molecule has 0 aliphatic carbocycles. The van der Waals surface area contributed by atoms with Gasteiger partial charge in [0.05, 0.1) is 6.20 Å². The summed E-state index contributed by atoms with van der Waals surface area (Å²) in [5.41, 5.74) is 0. The van der Waals surface area contributed by atoms with Crippen molar-refractivity contribution >= 4 is 15.9 Å². The van der Waals surface area contributed by atoms with E-state index in [1.165, 1.54) is 12.2 Å². The molecule has 1 aromatic rings. The minimum Gasteiger partial charge on any atom is -0.322 e. The Bertz CT molecular complexity index is 295. The first-order chi connectivity index (χ1) is 6.31. The van der Waals surface area contributed by atoms with E-state index in [9.17, 15) is 0 Å². The predicted octanol–water partition coefficient (Wildman–Crippen LogP) is 1.43. The third-order valence-electron chi connectivity index (χ3n) is 2.60. The zero-order chi connectivity index (χ0) is 9.26. The van der Waals surface area contributed by atoms with E-state index in [0.717, 1.165) is 30.0 Å². The maximum absolute atomic E-state index is 4.35. The van der Waals surface area contributed by atoms with Crippen LogP contribution in [0.1, 0.15) is 12.2 Å². The van der Waals surface area contributed by atoms with Crippen LogP contribution in [0.2, 0.25) is 0 Å². The van der Waals surface area contributed by atoms with Crippen molar-refractivity contribution in [2.75, 3.05) is 13.6 Å². The summed E-state index contributed by atoms with van der Waals surface area (Å²) in [6, 6.07) is 0. The van der Waals surface area contributed by atoms with Gasteiger partial charge in [0.1, 0.15) is 10.4 Å². The maximum atomic E-state index is 4.35. The number of rotatable bonds is 2. The number of fused-ring (bicyclic) bond motifs is 1. The number of halogens is 1. The molecule has 0 bridgehead atoms. The van der Waals surface area contributed by atoms with Gasteiger partial charge in [-0.3, -0.25) is 0 Å². The molecule has 0 radical (unpaired) electrons. The molecule has 0 fully saturated rings. The number of hydrogen-bond acceptors (Lipinski definition) is 2. The number of nitrogens with one attached hydrogen (secondary N) is 1. The number of hydrogen-bond donors (Lipinski definition) is 1. The molecule has 1 atom stereocenters. The van der Waals surface area contributed by atoms with Gasteiger partial charge in [-0.2, -0.15) is 0 Å². The van der Waals surface area contributed by atoms with E-state index < -0.39 is 0 Å². The molecule has 1 aliphatic rings. The first kappa shape index (κ1) is 9.21. The van der Waals surface area contributed by atoms with Crippen LogP contribution < -0.4 is 5.32 Å². The van der Waals surface area contributed by atoms with Crippen molar-refractivity contribution in [3.8, 4) is 0 Å². The van der Waals surface area contributed by atoms with Crippen molar-refractivity contribution in [2.45, 2.75) is 19.4 Å². The lowest BCUT2D eigenvalue weighted by atomic mass is 10.00. The summed E-state index contributed by atoms with van der Waals surface area (Å²) in [4.78, 5) is 4.35. The molecule has 3 nitrogen and oxygen atoms in total. The van der Waals surface area contributed by atoms with Crippen LogP contribution in [-0.2, 0) is 13.0 Å². The predicted molar refractivity (Wildman–Crippen MR) is 55.7 cm³/mol. The standard InChI is InChI=1S/C9H14BrN3/c1-11-4-7-2-3-9-12-5-8(10)13(9)6-7/h5,7,11H,2-4,6H2,1H3. The minimum absolute atomic E-state index is 0.753. The van der Waals surface area contributed by atoms with Crippen molar-refractivity contribution in [3.05, 3.63) is 16.6 Å². The maximum Gasteiger partial charge on any atom is 0.109 e. The van der Waals surface area contributed by atoms with Gasteiger partial charge in [-0.15, -0.1) is 0 Å². The first-order valence-electron chi connectivity index (χ1n) is 4.65. The Morgan fingerprint density at radius 1 is 1.77 bits per heavy atom. The van der Waals surface area contributed by atoms with Gasteiger partial charge in [0.15, 0.2) is 0 Å². The summed E-state index contributed by atoms with van der Waals surface area (Å²) >= 11 is 3.51. The van der Waals surface area contributed by atoms with Crippen LogP contribution in [0, 0.1) is 5.92 Å². The van der Waals surface area contributed by atoms with Crippen LogP contribution in [0.15, 0.2) is 10.8 Å². The van der Waals surface area contributed by atoms with Crippen LogP contribution in [0.3, 0.4) is 0 Å². The monoisotopic (exact) mass is 243 g/mol. The molecule has 0 saturated carbocycles. The van der Waals surface area contributed by atoms with Gasteiger partial charge >= 0.3 is 0 Å². The zero-order valence-corrected chi connectivity index (χ0v) is 9.34. The number of imidazole rings is 1. The molecule has 1 unspecified atom stereocenters. The smallest absolute Gasteiger partial charge is 0.109 e. The van der Waals surface area contributed by atoms with Crippen molar-refractivity contribution in [1.82, 2.24) is 14.9 Å². The van der Waals surface area contributed by atoms with E-state index in [2.05, 4.69) is 30.8 Å². The Labute approximate surface area is 86.7 Å². The van der Waals surface area contributed by atoms with E-state index in [-0.39, 0.29) is 0 Å². The molecule has 0 amide bonds. The first-order valence-corrected chi connectivity index (χ1v) is 5.45. The molecule has 0 aromatic carbocycles. The summed E-state index contributed by atoms with van der Waals surface area (Å²) < 4.78 is 3.38. The van der Waals surface area contributed by atoms with E-state index in [0.29, 0.717) is 0 Å². The Kier molecular flexibility index (Phi) is 2.69. The van der Waals surface area contributed by atoms with Crippen LogP contribution in [0.25, 0.3) is 0 Å². The highest BCUT2D eigenvalue weighted by Gasteiger charge is 2.19. The van der Waals surface area contributed by atoms with Crippen LogP contribution in [0.5, 0.6) is 0 Å². The highest BCUT2D eigenvalue weighted by molar-refractivity contribution is 9.10. The molecular formula is C9H14BrN3. The third-order valence-corrected chi connectivity index (χ3v) is 3.23. The molecule has 2 heterocycles. The molecular weight excluding hydrogens is 230 g/mol. The average molecular weight is 244 g/mol. The molecule has 1 aliphatic heterocycles. The second-order valence-electron chi connectivity index (χ2n) is 3.57. The van der Waals surface area contributed by atoms with E-state index in [1.807, 2.05) is 13.2 Å². The van der Waals surface area contributed by atoms with E-state index in [4.69, 9.17) is 0 Å². The number of aryl methyl sites for hydroxylation is 1. The summed E-state index contributed by atoms with van der Waals surface area (Å²) in [5, 5.41) is 3.23. The van der Waals surface area contributed by atoms with Crippen molar-refractivity contribution in [2.24, 2.45) is 5.92 Å². The molecule has 0 saturated heterocycles. The quantitative estimate of drug-likeness (QED) is 0.852. The van der Waals surface area contributed by atoms with Gasteiger partial charge in [-0.25, -0.2) is 4.98 Å². The largest absolute Gasteiger partial charge is 0.322 e. The van der Waals surface area contributed by atoms with Crippen molar-refractivity contribution in [1.29, 1.82) is 0 Å². The average Bonchev–Trinajstić information content (AvgIpc) is 2.49. The van der Waals surface area contributed by atoms with E-state index in [1.54, 1.807) is 0 Å². The Morgan fingerprint density at radius 3 is 3.38 bits per heavy atom. The second kappa shape index (κ2) is 3.80. The SMILES string of the molecule is CNCC1CCc2ncc(Br)n2C1. The molecule has 72 valence electrons. The minimum atomic E-state index is 0.753. The summed E-state index contributed by atoms with van der Waals surface area (Å²) in [5.74, 6) is 1.97. The number of aromatic nitrogens is 2. The summed E-state index contributed by atoms with van der Waals surface area (Å²) in [6.07, 6.45) is 4.26. The lowest BCUT2D eigenvalue weighted by Crippen LogP contribution is -2.28. The second-order valence-corrected chi connectivity index (χ2v) is 4.38. The molecule has 0 spiro atoms. The van der Waals surface area contributed by atoms with Gasteiger partial charge in [-0.05, 0) is 41.9 Å². The summed E-state index contributed by atoms with van der Waals surface area (Å²) in [6.45, 7) is 2.20. The molecule has 13 heavy (non-hydrogen) atoms. The van der Waals surface area contributed by atoms with Gasteiger partial charge in [0.2, 0.25) is 0 Å². The van der Waals surface area contributed by atoms with Crippen molar-refractivity contribution in [3.63, 3.8) is 0 Å². The molecule has 1 N–H and O–H groups in total. The van der Waals surface area contributed by atoms with Crippen LogP contribution >= 0.6 is 15.9 Å². The fraction of sp³-hybridized carbons (Fsp3) is 0.667. The van der Waals surface area contributed by atoms with Crippen LogP contribution in [0.4, 0.5) is 0 Å². The highest BCUT2D eigenvalue weighted by atomic mass is 79.9. The molecule has 2 rings (SSSR count). The lowest BCUT2D eigenvalue weighted by molar-refractivity contribution is 0.353. The Hall–Kier alpha value is -0.350. The van der Waals surface area contributed by atoms with Gasteiger partial charge in [0.25, 0.3) is 0 Å². The van der Waals surface area contributed by atoms with Crippen LogP contribution in [-0.4, -0.2) is 23.1 Å². The van der Waals surface area contributed by atoms with Crippen molar-refractivity contribution < 1.29 is 0 Å². The Morgan fingerprint density at radius 2 is 2.62 bits per heavy atom. The van der Waals surface area contributed by atoms with Gasteiger partial charge < -0.3 is 9.88 Å². The third kappa shape index (κ3) is 1.79. The summed E-state index contributed by atoms with van der Waals surface area (Å²) in [7, 11) is 2.01.